The quantitative estimate of drug-likeness (QED) is 0.492. The molecule has 2 aromatic carbocycles. The zero-order chi connectivity index (χ0) is 21.1. The Morgan fingerprint density at radius 2 is 1.70 bits per heavy atom. The lowest BCUT2D eigenvalue weighted by atomic mass is 9.98. The van der Waals surface area contributed by atoms with Crippen molar-refractivity contribution in [1.29, 1.82) is 0 Å². The van der Waals surface area contributed by atoms with Gasteiger partial charge in [0.15, 0.2) is 0 Å². The number of fused-ring (bicyclic) bond motifs is 3. The van der Waals surface area contributed by atoms with Gasteiger partial charge in [0.25, 0.3) is 0 Å². The second kappa shape index (κ2) is 8.48. The molecule has 0 fully saturated rings. The van der Waals surface area contributed by atoms with Crippen molar-refractivity contribution in [3.05, 3.63) is 77.6 Å². The zero-order valence-electron chi connectivity index (χ0n) is 16.1. The van der Waals surface area contributed by atoms with Crippen LogP contribution in [0.25, 0.3) is 11.1 Å². The smallest absolute Gasteiger partial charge is 0.407 e. The number of nitrogen functional groups attached to an aromatic ring is 1. The Hall–Kier alpha value is -3.49. The van der Waals surface area contributed by atoms with E-state index in [2.05, 4.69) is 27.4 Å². The van der Waals surface area contributed by atoms with Crippen molar-refractivity contribution in [2.45, 2.75) is 18.1 Å². The van der Waals surface area contributed by atoms with E-state index in [1.54, 1.807) is 0 Å². The molecule has 0 bridgehead atoms. The fraction of sp³-hybridized carbons (Fsp3) is 0.227. The molecule has 1 aliphatic rings. The molecule has 0 spiro atoms. The maximum Gasteiger partial charge on any atom is 0.407 e. The summed E-state index contributed by atoms with van der Waals surface area (Å²) in [7, 11) is 0. The van der Waals surface area contributed by atoms with E-state index in [1.165, 1.54) is 12.3 Å². The molecule has 1 heterocycles. The van der Waals surface area contributed by atoms with Crippen LogP contribution in [0.2, 0.25) is 0 Å². The number of alkyl carbamates (subject to hydrolysis) is 1. The van der Waals surface area contributed by atoms with E-state index in [9.17, 15) is 15.0 Å². The average molecular weight is 406 g/mol. The van der Waals surface area contributed by atoms with Crippen molar-refractivity contribution in [1.82, 2.24) is 15.3 Å². The van der Waals surface area contributed by atoms with Gasteiger partial charge in [0, 0.05) is 18.7 Å². The SMILES string of the molecule is Nc1nccc(C(O)C(O)CNC(=O)OCC2c3ccccc3-c3ccccc32)n1. The predicted molar refractivity (Wildman–Crippen MR) is 110 cm³/mol. The topological polar surface area (TPSA) is 131 Å². The molecule has 0 radical (unpaired) electrons. The van der Waals surface area contributed by atoms with Crippen LogP contribution in [-0.2, 0) is 4.74 Å². The normalized spacial score (nSPS) is 14.5. The van der Waals surface area contributed by atoms with Crippen LogP contribution in [0.15, 0.2) is 60.8 Å². The van der Waals surface area contributed by atoms with Gasteiger partial charge in [-0.3, -0.25) is 0 Å². The Balaban J connectivity index is 1.34. The standard InChI is InChI=1S/C22H22N4O4/c23-21-24-10-9-18(26-21)20(28)19(27)11-25-22(29)30-12-17-15-7-3-1-5-13(15)14-6-2-4-8-16(14)17/h1-10,17,19-20,27-28H,11-12H2,(H,25,29)(H2,23,24,26). The molecule has 0 saturated heterocycles. The van der Waals surface area contributed by atoms with Gasteiger partial charge in [-0.05, 0) is 28.3 Å². The predicted octanol–water partition coefficient (Wildman–Crippen LogP) is 1.99. The third-order valence-corrected chi connectivity index (χ3v) is 5.16. The first-order valence-electron chi connectivity index (χ1n) is 9.58. The minimum Gasteiger partial charge on any atom is -0.449 e. The molecule has 5 N–H and O–H groups in total. The molecule has 1 amide bonds. The van der Waals surface area contributed by atoms with Gasteiger partial charge >= 0.3 is 6.09 Å². The lowest BCUT2D eigenvalue weighted by molar-refractivity contribution is 0.0161. The fourth-order valence-corrected chi connectivity index (χ4v) is 3.70. The molecule has 3 aromatic rings. The number of rotatable bonds is 6. The lowest BCUT2D eigenvalue weighted by Gasteiger charge is -2.19. The van der Waals surface area contributed by atoms with Crippen LogP contribution in [0.4, 0.5) is 10.7 Å². The first-order chi connectivity index (χ1) is 14.5. The van der Waals surface area contributed by atoms with Crippen molar-refractivity contribution in [2.75, 3.05) is 18.9 Å². The number of ether oxygens (including phenoxy) is 1. The highest BCUT2D eigenvalue weighted by Crippen LogP contribution is 2.44. The van der Waals surface area contributed by atoms with Crippen LogP contribution >= 0.6 is 0 Å². The maximum absolute atomic E-state index is 12.2. The molecule has 8 nitrogen and oxygen atoms in total. The van der Waals surface area contributed by atoms with Crippen LogP contribution < -0.4 is 11.1 Å². The molecule has 4 rings (SSSR count). The third kappa shape index (κ3) is 3.96. The molecule has 0 aliphatic heterocycles. The van der Waals surface area contributed by atoms with Crippen molar-refractivity contribution in [3.8, 4) is 11.1 Å². The first kappa shape index (κ1) is 19.8. The van der Waals surface area contributed by atoms with Gasteiger partial charge in [-0.15, -0.1) is 0 Å². The van der Waals surface area contributed by atoms with E-state index < -0.39 is 18.3 Å². The van der Waals surface area contributed by atoms with Crippen molar-refractivity contribution >= 4 is 12.0 Å². The number of aliphatic hydroxyl groups excluding tert-OH is 2. The fourth-order valence-electron chi connectivity index (χ4n) is 3.70. The Bertz CT molecular complexity index is 1010. The number of carbonyl (C=O) groups is 1. The highest BCUT2D eigenvalue weighted by Gasteiger charge is 2.29. The van der Waals surface area contributed by atoms with E-state index in [1.807, 2.05) is 36.4 Å². The Morgan fingerprint density at radius 3 is 2.33 bits per heavy atom. The summed E-state index contributed by atoms with van der Waals surface area (Å²) in [6.07, 6.45) is -1.89. The molecule has 2 atom stereocenters. The van der Waals surface area contributed by atoms with Gasteiger partial charge in [-0.2, -0.15) is 0 Å². The van der Waals surface area contributed by atoms with Crippen molar-refractivity contribution in [3.63, 3.8) is 0 Å². The summed E-state index contributed by atoms with van der Waals surface area (Å²) < 4.78 is 5.41. The second-order valence-corrected chi connectivity index (χ2v) is 7.06. The molecule has 1 aromatic heterocycles. The lowest BCUT2D eigenvalue weighted by Crippen LogP contribution is -2.36. The minimum atomic E-state index is -1.32. The van der Waals surface area contributed by atoms with Gasteiger partial charge in [-0.1, -0.05) is 48.5 Å². The van der Waals surface area contributed by atoms with Gasteiger partial charge in [0.05, 0.1) is 5.69 Å². The third-order valence-electron chi connectivity index (χ3n) is 5.16. The van der Waals surface area contributed by atoms with E-state index >= 15 is 0 Å². The summed E-state index contributed by atoms with van der Waals surface area (Å²) in [5, 5.41) is 22.8. The van der Waals surface area contributed by atoms with Gasteiger partial charge in [-0.25, -0.2) is 14.8 Å². The van der Waals surface area contributed by atoms with Crippen LogP contribution in [0.3, 0.4) is 0 Å². The average Bonchev–Trinajstić information content (AvgIpc) is 3.09. The highest BCUT2D eigenvalue weighted by molar-refractivity contribution is 5.79. The molecule has 0 saturated carbocycles. The number of carbonyl (C=O) groups excluding carboxylic acids is 1. The molecular weight excluding hydrogens is 384 g/mol. The molecular formula is C22H22N4O4. The highest BCUT2D eigenvalue weighted by atomic mass is 16.5. The second-order valence-electron chi connectivity index (χ2n) is 7.06. The zero-order valence-corrected chi connectivity index (χ0v) is 16.1. The number of aromatic nitrogens is 2. The number of benzene rings is 2. The van der Waals surface area contributed by atoms with Gasteiger partial charge < -0.3 is 26.0 Å². The first-order valence-corrected chi connectivity index (χ1v) is 9.58. The number of anilines is 1. The summed E-state index contributed by atoms with van der Waals surface area (Å²) in [6, 6.07) is 17.6. The summed E-state index contributed by atoms with van der Waals surface area (Å²) in [4.78, 5) is 19.8. The summed E-state index contributed by atoms with van der Waals surface area (Å²) in [5.41, 5.74) is 10.2. The molecule has 2 unspecified atom stereocenters. The monoisotopic (exact) mass is 406 g/mol. The molecule has 8 heteroatoms. The van der Waals surface area contributed by atoms with Gasteiger partial charge in [0.1, 0.15) is 18.8 Å². The Kier molecular flexibility index (Phi) is 5.60. The summed E-state index contributed by atoms with van der Waals surface area (Å²) in [6.45, 7) is -0.0390. The van der Waals surface area contributed by atoms with Crippen molar-refractivity contribution < 1.29 is 19.7 Å². The van der Waals surface area contributed by atoms with E-state index in [4.69, 9.17) is 10.5 Å². The van der Waals surface area contributed by atoms with Crippen LogP contribution in [-0.4, -0.2) is 45.5 Å². The number of hydrogen-bond donors (Lipinski definition) is 4. The maximum atomic E-state index is 12.2. The van der Waals surface area contributed by atoms with E-state index in [-0.39, 0.29) is 30.7 Å². The number of nitrogens with one attached hydrogen (secondary N) is 1. The Labute approximate surface area is 173 Å². The van der Waals surface area contributed by atoms with Gasteiger partial charge in [0.2, 0.25) is 5.95 Å². The van der Waals surface area contributed by atoms with E-state index in [0.29, 0.717) is 0 Å². The van der Waals surface area contributed by atoms with Crippen LogP contribution in [0.1, 0.15) is 28.8 Å². The summed E-state index contributed by atoms with van der Waals surface area (Å²) >= 11 is 0. The number of nitrogens with two attached hydrogens (primary N) is 1. The molecule has 154 valence electrons. The largest absolute Gasteiger partial charge is 0.449 e. The number of aliphatic hydroxyl groups is 2. The van der Waals surface area contributed by atoms with E-state index in [0.717, 1.165) is 22.3 Å². The molecule has 1 aliphatic carbocycles. The molecule has 30 heavy (non-hydrogen) atoms. The minimum absolute atomic E-state index is 0.0109. The Morgan fingerprint density at radius 1 is 1.07 bits per heavy atom. The number of amides is 1. The van der Waals surface area contributed by atoms with Crippen molar-refractivity contribution in [2.24, 2.45) is 0 Å². The van der Waals surface area contributed by atoms with Crippen LogP contribution in [0.5, 0.6) is 0 Å². The van der Waals surface area contributed by atoms with Crippen LogP contribution in [0, 0.1) is 0 Å². The summed E-state index contributed by atoms with van der Waals surface area (Å²) in [5.74, 6) is -0.0640. The number of nitrogens with zero attached hydrogens (tertiary/aromatic N) is 2. The number of hydrogen-bond acceptors (Lipinski definition) is 7.